The van der Waals surface area contributed by atoms with E-state index in [1.807, 2.05) is 24.3 Å². The van der Waals surface area contributed by atoms with Crippen molar-refractivity contribution in [2.75, 3.05) is 5.32 Å². The number of nitrogens with zero attached hydrogens (tertiary/aromatic N) is 2. The summed E-state index contributed by atoms with van der Waals surface area (Å²) < 4.78 is 40.2. The zero-order valence-corrected chi connectivity index (χ0v) is 10.6. The second-order valence-electron chi connectivity index (χ2n) is 3.75. The summed E-state index contributed by atoms with van der Waals surface area (Å²) in [6, 6.07) is 7.44. The second-order valence-corrected chi connectivity index (χ2v) is 4.50. The maximum absolute atomic E-state index is 12.3. The summed E-state index contributed by atoms with van der Waals surface area (Å²) in [7, 11) is 0. The number of hydrogen-bond donors (Lipinski definition) is 2. The Hall–Kier alpha value is -1.67. The van der Waals surface area contributed by atoms with E-state index in [9.17, 15) is 13.2 Å². The van der Waals surface area contributed by atoms with Crippen molar-refractivity contribution in [2.24, 2.45) is 5.73 Å². The third kappa shape index (κ3) is 3.42. The van der Waals surface area contributed by atoms with Crippen LogP contribution < -0.4 is 11.1 Å². The van der Waals surface area contributed by atoms with Gasteiger partial charge in [0, 0.05) is 24.6 Å². The van der Waals surface area contributed by atoms with Gasteiger partial charge >= 0.3 is 6.18 Å². The molecule has 0 amide bonds. The standard InChI is InChI=1S/C11H11F3N4S/c12-11(13,14)9-17-10(19-18-9)16-6-8-4-2-1-3-7(8)5-15/h1-4H,5-6,15H2,(H,16,17,18). The van der Waals surface area contributed by atoms with E-state index in [1.165, 1.54) is 0 Å². The first kappa shape index (κ1) is 13.8. The molecule has 0 saturated heterocycles. The molecule has 0 aliphatic rings. The average molecular weight is 288 g/mol. The molecule has 8 heteroatoms. The molecule has 0 unspecified atom stereocenters. The Labute approximate surface area is 111 Å². The van der Waals surface area contributed by atoms with E-state index in [0.717, 1.165) is 11.1 Å². The highest BCUT2D eigenvalue weighted by molar-refractivity contribution is 7.09. The van der Waals surface area contributed by atoms with Crippen LogP contribution in [-0.4, -0.2) is 9.36 Å². The summed E-state index contributed by atoms with van der Waals surface area (Å²) in [6.07, 6.45) is -4.51. The molecule has 19 heavy (non-hydrogen) atoms. The number of rotatable bonds is 4. The smallest absolute Gasteiger partial charge is 0.356 e. The van der Waals surface area contributed by atoms with Crippen LogP contribution in [0.5, 0.6) is 0 Å². The molecule has 0 atom stereocenters. The first-order chi connectivity index (χ1) is 9.00. The molecule has 1 aromatic carbocycles. The summed E-state index contributed by atoms with van der Waals surface area (Å²) in [5.41, 5.74) is 7.44. The van der Waals surface area contributed by atoms with Gasteiger partial charge < -0.3 is 11.1 Å². The van der Waals surface area contributed by atoms with Crippen molar-refractivity contribution in [3.63, 3.8) is 0 Å². The van der Waals surface area contributed by atoms with Crippen molar-refractivity contribution in [2.45, 2.75) is 19.3 Å². The fourth-order valence-corrected chi connectivity index (χ4v) is 2.09. The Morgan fingerprint density at radius 1 is 1.21 bits per heavy atom. The predicted octanol–water partition coefficient (Wildman–Crippen LogP) is 2.63. The lowest BCUT2D eigenvalue weighted by Crippen LogP contribution is -2.08. The van der Waals surface area contributed by atoms with Gasteiger partial charge in [-0.15, -0.1) is 0 Å². The van der Waals surface area contributed by atoms with Crippen LogP contribution in [0.1, 0.15) is 17.0 Å². The zero-order chi connectivity index (χ0) is 13.9. The van der Waals surface area contributed by atoms with Crippen LogP contribution in [0.25, 0.3) is 0 Å². The number of benzene rings is 1. The molecule has 4 nitrogen and oxygen atoms in total. The molecule has 0 bridgehead atoms. The molecule has 0 saturated carbocycles. The molecule has 102 valence electrons. The lowest BCUT2D eigenvalue weighted by Gasteiger charge is -2.07. The molecule has 3 N–H and O–H groups in total. The van der Waals surface area contributed by atoms with Crippen molar-refractivity contribution >= 4 is 16.7 Å². The van der Waals surface area contributed by atoms with Crippen LogP contribution in [0.4, 0.5) is 18.3 Å². The lowest BCUT2D eigenvalue weighted by molar-refractivity contribution is -0.144. The highest BCUT2D eigenvalue weighted by Gasteiger charge is 2.36. The van der Waals surface area contributed by atoms with Gasteiger partial charge in [-0.05, 0) is 11.1 Å². The number of hydrogen-bond acceptors (Lipinski definition) is 5. The van der Waals surface area contributed by atoms with Gasteiger partial charge in [0.25, 0.3) is 0 Å². The number of nitrogens with two attached hydrogens (primary N) is 1. The molecular formula is C11H11F3N4S. The highest BCUT2D eigenvalue weighted by Crippen LogP contribution is 2.29. The first-order valence-electron chi connectivity index (χ1n) is 5.42. The minimum atomic E-state index is -4.51. The van der Waals surface area contributed by atoms with Crippen molar-refractivity contribution in [1.29, 1.82) is 0 Å². The Kier molecular flexibility index (Phi) is 4.01. The van der Waals surface area contributed by atoms with E-state index >= 15 is 0 Å². The maximum Gasteiger partial charge on any atom is 0.452 e. The van der Waals surface area contributed by atoms with Crippen molar-refractivity contribution < 1.29 is 13.2 Å². The van der Waals surface area contributed by atoms with Gasteiger partial charge in [-0.1, -0.05) is 24.3 Å². The van der Waals surface area contributed by atoms with Gasteiger partial charge in [0.15, 0.2) is 0 Å². The zero-order valence-electron chi connectivity index (χ0n) is 9.74. The van der Waals surface area contributed by atoms with Gasteiger partial charge in [-0.2, -0.15) is 22.5 Å². The molecule has 0 radical (unpaired) electrons. The third-order valence-corrected chi connectivity index (χ3v) is 3.12. The SMILES string of the molecule is NCc1ccccc1CNc1nc(C(F)(F)F)ns1. The van der Waals surface area contributed by atoms with Gasteiger partial charge in [0.05, 0.1) is 0 Å². The Bertz CT molecular complexity index is 553. The number of alkyl halides is 3. The topological polar surface area (TPSA) is 63.8 Å². The van der Waals surface area contributed by atoms with Crippen LogP contribution in [0.15, 0.2) is 24.3 Å². The minimum Gasteiger partial charge on any atom is -0.356 e. The fourth-order valence-electron chi connectivity index (χ4n) is 1.51. The molecule has 0 spiro atoms. The van der Waals surface area contributed by atoms with Crippen LogP contribution in [0, 0.1) is 0 Å². The third-order valence-electron chi connectivity index (χ3n) is 2.45. The average Bonchev–Trinajstić information content (AvgIpc) is 2.85. The van der Waals surface area contributed by atoms with Crippen LogP contribution in [-0.2, 0) is 19.3 Å². The molecule has 1 aromatic heterocycles. The van der Waals surface area contributed by atoms with Crippen LogP contribution in [0.3, 0.4) is 0 Å². The molecule has 0 fully saturated rings. The Morgan fingerprint density at radius 3 is 2.47 bits per heavy atom. The molecular weight excluding hydrogens is 277 g/mol. The molecule has 0 aliphatic heterocycles. The van der Waals surface area contributed by atoms with Crippen molar-refractivity contribution in [3.05, 3.63) is 41.2 Å². The van der Waals surface area contributed by atoms with E-state index < -0.39 is 12.0 Å². The van der Waals surface area contributed by atoms with Gasteiger partial charge in [0.1, 0.15) is 0 Å². The monoisotopic (exact) mass is 288 g/mol. The first-order valence-corrected chi connectivity index (χ1v) is 6.19. The number of anilines is 1. The fraction of sp³-hybridized carbons (Fsp3) is 0.273. The number of aromatic nitrogens is 2. The lowest BCUT2D eigenvalue weighted by atomic mass is 10.1. The highest BCUT2D eigenvalue weighted by atomic mass is 32.1. The van der Waals surface area contributed by atoms with Crippen LogP contribution >= 0.6 is 11.5 Å². The maximum atomic E-state index is 12.3. The number of nitrogens with one attached hydrogen (secondary N) is 1. The Morgan fingerprint density at radius 2 is 1.89 bits per heavy atom. The largest absolute Gasteiger partial charge is 0.452 e. The quantitative estimate of drug-likeness (QED) is 0.907. The summed E-state index contributed by atoms with van der Waals surface area (Å²) in [4.78, 5) is 3.39. The molecule has 2 rings (SSSR count). The van der Waals surface area contributed by atoms with Gasteiger partial charge in [0.2, 0.25) is 11.0 Å². The van der Waals surface area contributed by atoms with Crippen molar-refractivity contribution in [3.8, 4) is 0 Å². The number of halogens is 3. The predicted molar refractivity (Wildman–Crippen MR) is 66.6 cm³/mol. The molecule has 1 heterocycles. The van der Waals surface area contributed by atoms with Crippen molar-refractivity contribution in [1.82, 2.24) is 9.36 Å². The van der Waals surface area contributed by atoms with E-state index in [2.05, 4.69) is 14.7 Å². The van der Waals surface area contributed by atoms with E-state index in [4.69, 9.17) is 5.73 Å². The minimum absolute atomic E-state index is 0.138. The normalized spacial score (nSPS) is 11.6. The second kappa shape index (κ2) is 5.54. The molecule has 2 aromatic rings. The summed E-state index contributed by atoms with van der Waals surface area (Å²) >= 11 is 0.686. The van der Waals surface area contributed by atoms with E-state index in [0.29, 0.717) is 24.6 Å². The van der Waals surface area contributed by atoms with E-state index in [-0.39, 0.29) is 5.13 Å². The van der Waals surface area contributed by atoms with E-state index in [1.54, 1.807) is 0 Å². The summed E-state index contributed by atoms with van der Waals surface area (Å²) in [6.45, 7) is 0.738. The van der Waals surface area contributed by atoms with Crippen LogP contribution in [0.2, 0.25) is 0 Å². The van der Waals surface area contributed by atoms with Gasteiger partial charge in [-0.3, -0.25) is 0 Å². The summed E-state index contributed by atoms with van der Waals surface area (Å²) in [5.74, 6) is -1.12. The molecule has 0 aliphatic carbocycles. The summed E-state index contributed by atoms with van der Waals surface area (Å²) in [5, 5.41) is 2.96. The van der Waals surface area contributed by atoms with Gasteiger partial charge in [-0.25, -0.2) is 0 Å². The Balaban J connectivity index is 2.05.